The summed E-state index contributed by atoms with van der Waals surface area (Å²) in [7, 11) is 0. The molecule has 0 unspecified atom stereocenters. The molecule has 0 aliphatic rings. The van der Waals surface area contributed by atoms with Crippen LogP contribution in [0.1, 0.15) is 37.6 Å². The molecule has 1 amide bonds. The summed E-state index contributed by atoms with van der Waals surface area (Å²) in [5.41, 5.74) is 2.89. The molecule has 5 rings (SSSR count). The first kappa shape index (κ1) is 24.6. The van der Waals surface area contributed by atoms with Crippen LogP contribution in [-0.4, -0.2) is 26.3 Å². The second-order valence-corrected chi connectivity index (χ2v) is 9.86. The molecule has 2 aromatic heterocycles. The molecular weight excluding hydrogens is 530 g/mol. The van der Waals surface area contributed by atoms with Gasteiger partial charge in [-0.3, -0.25) is 9.59 Å². The van der Waals surface area contributed by atoms with Gasteiger partial charge in [-0.1, -0.05) is 66.2 Å². The fourth-order valence-electron chi connectivity index (χ4n) is 4.28. The highest BCUT2D eigenvalue weighted by Crippen LogP contribution is 2.23. The summed E-state index contributed by atoms with van der Waals surface area (Å²) in [5.74, 6) is 0.528. The Labute approximate surface area is 222 Å². The number of carbonyl (C=O) groups excluding carboxylic acids is 1. The van der Waals surface area contributed by atoms with E-state index < -0.39 is 0 Å². The molecule has 0 aliphatic heterocycles. The molecule has 0 radical (unpaired) electrons. The quantitative estimate of drug-likeness (QED) is 0.244. The molecule has 0 bridgehead atoms. The molecule has 0 aliphatic carbocycles. The number of benzene rings is 3. The van der Waals surface area contributed by atoms with Crippen molar-refractivity contribution in [2.24, 2.45) is 5.10 Å². The van der Waals surface area contributed by atoms with Gasteiger partial charge in [0.25, 0.3) is 5.56 Å². The first-order chi connectivity index (χ1) is 17.9. The van der Waals surface area contributed by atoms with E-state index >= 15 is 0 Å². The fourth-order valence-corrected chi connectivity index (χ4v) is 4.65. The summed E-state index contributed by atoms with van der Waals surface area (Å²) < 4.78 is 4.10. The third-order valence-corrected chi connectivity index (χ3v) is 6.88. The number of hydrogen-bond acceptors (Lipinski definition) is 4. The molecule has 3 aromatic carbocycles. The van der Waals surface area contributed by atoms with Crippen molar-refractivity contribution in [3.8, 4) is 0 Å². The second kappa shape index (κ2) is 10.5. The largest absolute Gasteiger partial charge is 0.337 e. The van der Waals surface area contributed by atoms with Gasteiger partial charge in [0.05, 0.1) is 17.1 Å². The van der Waals surface area contributed by atoms with Crippen molar-refractivity contribution in [1.82, 2.24) is 14.2 Å². The molecule has 0 saturated carbocycles. The number of hydrogen-bond donors (Lipinski definition) is 1. The summed E-state index contributed by atoms with van der Waals surface area (Å²) in [6.07, 6.45) is 4.38. The predicted molar refractivity (Wildman–Crippen MR) is 152 cm³/mol. The van der Waals surface area contributed by atoms with Gasteiger partial charge in [-0.15, -0.1) is 0 Å². The van der Waals surface area contributed by atoms with Gasteiger partial charge < -0.3 is 9.88 Å². The molecule has 1 N–H and O–H groups in total. The van der Waals surface area contributed by atoms with Gasteiger partial charge in [-0.25, -0.2) is 4.98 Å². The lowest BCUT2D eigenvalue weighted by Crippen LogP contribution is -2.23. The summed E-state index contributed by atoms with van der Waals surface area (Å²) in [6, 6.07) is 22.7. The zero-order valence-corrected chi connectivity index (χ0v) is 22.1. The Bertz CT molecular complexity index is 1690. The van der Waals surface area contributed by atoms with Crippen LogP contribution in [0.25, 0.3) is 21.8 Å². The van der Waals surface area contributed by atoms with Gasteiger partial charge in [0, 0.05) is 38.7 Å². The van der Waals surface area contributed by atoms with Crippen molar-refractivity contribution in [3.63, 3.8) is 0 Å². The monoisotopic (exact) mass is 555 g/mol. The molecule has 2 heterocycles. The topological polar surface area (TPSA) is 81.3 Å². The molecule has 186 valence electrons. The number of nitrogens with zero attached hydrogens (tertiary/aromatic N) is 4. The Balaban J connectivity index is 1.54. The van der Waals surface area contributed by atoms with Crippen molar-refractivity contribution >= 4 is 55.5 Å². The zero-order chi connectivity index (χ0) is 25.9. The summed E-state index contributed by atoms with van der Waals surface area (Å²) in [5, 5.41) is 8.99. The molecule has 37 heavy (non-hydrogen) atoms. The van der Waals surface area contributed by atoms with E-state index in [0.717, 1.165) is 33.0 Å². The number of para-hydroxylation sites is 2. The van der Waals surface area contributed by atoms with Crippen molar-refractivity contribution < 1.29 is 4.79 Å². The van der Waals surface area contributed by atoms with Crippen LogP contribution < -0.4 is 10.9 Å². The molecule has 5 aromatic rings. The lowest BCUT2D eigenvalue weighted by molar-refractivity contribution is -0.116. The van der Waals surface area contributed by atoms with Crippen molar-refractivity contribution in [1.29, 1.82) is 0 Å². The van der Waals surface area contributed by atoms with E-state index in [1.807, 2.05) is 84.4 Å². The number of rotatable bonds is 7. The van der Waals surface area contributed by atoms with E-state index in [9.17, 15) is 9.59 Å². The average Bonchev–Trinajstić information content (AvgIpc) is 3.25. The number of nitrogens with one attached hydrogen (secondary N) is 1. The molecule has 0 fully saturated rings. The van der Waals surface area contributed by atoms with Crippen LogP contribution in [0.4, 0.5) is 5.69 Å². The van der Waals surface area contributed by atoms with E-state index in [4.69, 9.17) is 4.98 Å². The first-order valence-electron chi connectivity index (χ1n) is 12.1. The number of fused-ring (bicyclic) bond motifs is 2. The Morgan fingerprint density at radius 1 is 1.08 bits per heavy atom. The van der Waals surface area contributed by atoms with Crippen molar-refractivity contribution in [2.45, 2.75) is 32.7 Å². The Morgan fingerprint density at radius 3 is 2.62 bits per heavy atom. The number of anilines is 1. The molecule has 1 atom stereocenters. The van der Waals surface area contributed by atoms with Crippen molar-refractivity contribution in [3.05, 3.63) is 105 Å². The van der Waals surface area contributed by atoms with E-state index in [1.165, 1.54) is 4.68 Å². The van der Waals surface area contributed by atoms with E-state index in [-0.39, 0.29) is 23.9 Å². The minimum Gasteiger partial charge on any atom is -0.337 e. The maximum atomic E-state index is 13.5. The third-order valence-electron chi connectivity index (χ3n) is 6.39. The first-order valence-corrected chi connectivity index (χ1v) is 12.9. The summed E-state index contributed by atoms with van der Waals surface area (Å²) >= 11 is 3.45. The van der Waals surface area contributed by atoms with Gasteiger partial charge in [-0.2, -0.15) is 9.78 Å². The van der Waals surface area contributed by atoms with Gasteiger partial charge in [0.15, 0.2) is 0 Å². The van der Waals surface area contributed by atoms with Gasteiger partial charge in [-0.05, 0) is 42.8 Å². The third kappa shape index (κ3) is 5.11. The van der Waals surface area contributed by atoms with E-state index in [1.54, 1.807) is 12.3 Å². The molecule has 8 heteroatoms. The van der Waals surface area contributed by atoms with Gasteiger partial charge in [0.2, 0.25) is 5.91 Å². The van der Waals surface area contributed by atoms with Gasteiger partial charge >= 0.3 is 0 Å². The highest BCUT2D eigenvalue weighted by Gasteiger charge is 2.16. The predicted octanol–water partition coefficient (Wildman–Crippen LogP) is 6.15. The van der Waals surface area contributed by atoms with Crippen LogP contribution in [-0.2, 0) is 11.3 Å². The van der Waals surface area contributed by atoms with E-state index in [2.05, 4.69) is 33.3 Å². The lowest BCUT2D eigenvalue weighted by Gasteiger charge is -2.13. The maximum Gasteiger partial charge on any atom is 0.282 e. The van der Waals surface area contributed by atoms with Crippen LogP contribution in [0, 0.1) is 0 Å². The standard InChI is InChI=1S/C29H26BrN5O2/c1-3-19(2)28-33-25-14-13-21(30)15-24(25)29(37)35(28)31-16-20-17-34(26-12-8-7-11-23(20)26)18-27(36)32-22-9-5-4-6-10-22/h4-17,19H,3,18H2,1-2H3,(H,32,36)/t19-/m0/s1. The summed E-state index contributed by atoms with van der Waals surface area (Å²) in [6.45, 7) is 4.24. The fraction of sp³-hybridized carbons (Fsp3) is 0.172. The molecule has 0 spiro atoms. The molecule has 7 nitrogen and oxygen atoms in total. The van der Waals surface area contributed by atoms with Crippen LogP contribution in [0.15, 0.2) is 93.4 Å². The second-order valence-electron chi connectivity index (χ2n) is 8.95. The lowest BCUT2D eigenvalue weighted by atomic mass is 10.1. The smallest absolute Gasteiger partial charge is 0.282 e. The summed E-state index contributed by atoms with van der Waals surface area (Å²) in [4.78, 5) is 31.0. The van der Waals surface area contributed by atoms with Gasteiger partial charge in [0.1, 0.15) is 12.4 Å². The molecule has 0 saturated heterocycles. The van der Waals surface area contributed by atoms with Crippen LogP contribution in [0.5, 0.6) is 0 Å². The average molecular weight is 556 g/mol. The van der Waals surface area contributed by atoms with Crippen molar-refractivity contribution in [2.75, 3.05) is 5.32 Å². The maximum absolute atomic E-state index is 13.5. The normalized spacial score (nSPS) is 12.4. The van der Waals surface area contributed by atoms with Crippen LogP contribution >= 0.6 is 15.9 Å². The number of halogens is 1. The number of carbonyl (C=O) groups is 1. The highest BCUT2D eigenvalue weighted by molar-refractivity contribution is 9.10. The SMILES string of the molecule is CC[C@H](C)c1nc2ccc(Br)cc2c(=O)n1N=Cc1cn(CC(=O)Nc2ccccc2)c2ccccc12. The Hall–Kier alpha value is -4.04. The molecular formula is C29H26BrN5O2. The minimum atomic E-state index is -0.219. The number of aromatic nitrogens is 3. The van der Waals surface area contributed by atoms with Crippen LogP contribution in [0.3, 0.4) is 0 Å². The van der Waals surface area contributed by atoms with Crippen LogP contribution in [0.2, 0.25) is 0 Å². The van der Waals surface area contributed by atoms with E-state index in [0.29, 0.717) is 16.7 Å². The Kier molecular flexibility index (Phi) is 7.01. The minimum absolute atomic E-state index is 0.0425. The number of amides is 1. The zero-order valence-electron chi connectivity index (χ0n) is 20.6. The highest BCUT2D eigenvalue weighted by atomic mass is 79.9. The Morgan fingerprint density at radius 2 is 1.84 bits per heavy atom.